The fourth-order valence-corrected chi connectivity index (χ4v) is 6.42. The van der Waals surface area contributed by atoms with E-state index in [1.54, 1.807) is 0 Å². The van der Waals surface area contributed by atoms with E-state index in [1.165, 1.54) is 31.9 Å². The Kier molecular flexibility index (Phi) is 10.9. The molecule has 0 spiro atoms. The second-order valence-corrected chi connectivity index (χ2v) is 16.6. The largest absolute Gasteiger partial charge is 0.469 e. The van der Waals surface area contributed by atoms with Gasteiger partial charge in [-0.25, -0.2) is 0 Å². The summed E-state index contributed by atoms with van der Waals surface area (Å²) in [6, 6.07) is 0. The van der Waals surface area contributed by atoms with Crippen molar-refractivity contribution in [3.05, 3.63) is 23.8 Å². The fourth-order valence-electron chi connectivity index (χ4n) is 5.11. The van der Waals surface area contributed by atoms with E-state index in [4.69, 9.17) is 9.16 Å². The van der Waals surface area contributed by atoms with Crippen LogP contribution in [0.25, 0.3) is 0 Å². The monoisotopic (exact) mass is 478 g/mol. The van der Waals surface area contributed by atoms with E-state index in [1.807, 2.05) is 0 Å². The third kappa shape index (κ3) is 8.36. The van der Waals surface area contributed by atoms with Gasteiger partial charge in [0.2, 0.25) is 0 Å². The molecule has 5 heteroatoms. The summed E-state index contributed by atoms with van der Waals surface area (Å²) in [6.45, 7) is 13.8. The van der Waals surface area contributed by atoms with Gasteiger partial charge in [0.15, 0.2) is 8.32 Å². The number of esters is 1. The third-order valence-corrected chi connectivity index (χ3v) is 12.7. The van der Waals surface area contributed by atoms with Crippen molar-refractivity contribution in [2.24, 2.45) is 17.8 Å². The van der Waals surface area contributed by atoms with Gasteiger partial charge in [-0.3, -0.25) is 4.79 Å². The zero-order valence-electron chi connectivity index (χ0n) is 22.4. The van der Waals surface area contributed by atoms with E-state index in [2.05, 4.69) is 59.0 Å². The molecule has 190 valence electrons. The maximum absolute atomic E-state index is 11.3. The lowest BCUT2D eigenvalue weighted by molar-refractivity contribution is -0.140. The normalized spacial score (nSPS) is 26.5. The van der Waals surface area contributed by atoms with E-state index in [-0.39, 0.29) is 29.1 Å². The van der Waals surface area contributed by atoms with Crippen LogP contribution in [0.5, 0.6) is 0 Å². The van der Waals surface area contributed by atoms with Crippen molar-refractivity contribution >= 4 is 14.3 Å². The highest BCUT2D eigenvalue weighted by Crippen LogP contribution is 2.48. The number of allylic oxidation sites excluding steroid dienone is 2. The number of carbonyl (C=O) groups is 1. The van der Waals surface area contributed by atoms with Crippen molar-refractivity contribution < 1.29 is 19.1 Å². The molecule has 0 aliphatic heterocycles. The number of hydrogen-bond acceptors (Lipinski definition) is 4. The summed E-state index contributed by atoms with van der Waals surface area (Å²) in [7, 11) is -0.394. The molecule has 2 aliphatic carbocycles. The molecule has 0 aromatic carbocycles. The molecule has 0 saturated heterocycles. The summed E-state index contributed by atoms with van der Waals surface area (Å²) < 4.78 is 11.5. The van der Waals surface area contributed by atoms with Gasteiger partial charge in [-0.05, 0) is 68.5 Å². The van der Waals surface area contributed by atoms with Gasteiger partial charge in [-0.1, -0.05) is 70.8 Å². The molecule has 1 fully saturated rings. The fraction of sp³-hybridized carbons (Fsp3) is 0.821. The molecule has 0 radical (unpaired) electrons. The van der Waals surface area contributed by atoms with Gasteiger partial charge < -0.3 is 14.3 Å². The van der Waals surface area contributed by atoms with Gasteiger partial charge in [-0.15, -0.1) is 0 Å². The highest BCUT2D eigenvalue weighted by atomic mass is 28.4. The number of rotatable bonds is 13. The molecule has 1 N–H and O–H groups in total. The molecule has 0 aromatic rings. The van der Waals surface area contributed by atoms with Crippen molar-refractivity contribution in [2.45, 2.75) is 122 Å². The highest BCUT2D eigenvalue weighted by molar-refractivity contribution is 6.74. The quantitative estimate of drug-likeness (QED) is 0.132. The maximum Gasteiger partial charge on any atom is 0.305 e. The van der Waals surface area contributed by atoms with Crippen LogP contribution >= 0.6 is 0 Å². The minimum atomic E-state index is -1.85. The predicted octanol–water partition coefficient (Wildman–Crippen LogP) is 7.19. The molecule has 0 aromatic heterocycles. The Bertz CT molecular complexity index is 676. The standard InChI is InChI=1S/C28H50O4Si/c1-8-9-10-14-23(32-33(6,7)28(2,3)4)16-17-24-25-19-21(18-22(25)20-26(24)29)13-11-12-15-27(30)31-5/h16-18,22-26,29H,8-15,19-20H2,1-7H3/b17-16+/t22-,23+,24+,25-,26+/m1/s1. The molecular formula is C28H50O4Si. The van der Waals surface area contributed by atoms with Crippen molar-refractivity contribution in [3.8, 4) is 0 Å². The predicted molar refractivity (Wildman–Crippen MR) is 140 cm³/mol. The highest BCUT2D eigenvalue weighted by Gasteiger charge is 2.43. The summed E-state index contributed by atoms with van der Waals surface area (Å²) in [6.07, 6.45) is 17.1. The molecule has 4 nitrogen and oxygen atoms in total. The third-order valence-electron chi connectivity index (χ3n) is 8.20. The zero-order chi connectivity index (χ0) is 24.6. The van der Waals surface area contributed by atoms with Crippen LogP contribution in [0.15, 0.2) is 23.8 Å². The lowest BCUT2D eigenvalue weighted by Gasteiger charge is -2.39. The van der Waals surface area contributed by atoms with Gasteiger partial charge in [0.1, 0.15) is 0 Å². The number of methoxy groups -OCH3 is 1. The molecule has 0 bridgehead atoms. The molecular weight excluding hydrogens is 428 g/mol. The first-order valence-electron chi connectivity index (χ1n) is 13.3. The summed E-state index contributed by atoms with van der Waals surface area (Å²) >= 11 is 0. The Labute approximate surface area is 204 Å². The first-order valence-corrected chi connectivity index (χ1v) is 16.2. The SMILES string of the molecule is CCCCC[C@@H](/C=C/[C@H]1[C@@H]2CC(CCCCC(=O)OC)=C[C@@H]2C[C@@H]1O)O[Si](C)(C)C(C)(C)C. The van der Waals surface area contributed by atoms with Crippen molar-refractivity contribution in [1.82, 2.24) is 0 Å². The van der Waals surface area contributed by atoms with E-state index < -0.39 is 8.32 Å². The number of unbranched alkanes of at least 4 members (excludes halogenated alkanes) is 3. The van der Waals surface area contributed by atoms with Gasteiger partial charge >= 0.3 is 5.97 Å². The van der Waals surface area contributed by atoms with Gasteiger partial charge in [-0.2, -0.15) is 0 Å². The number of aliphatic hydroxyl groups excluding tert-OH is 1. The summed E-state index contributed by atoms with van der Waals surface area (Å²) in [5.74, 6) is 1.10. The first-order chi connectivity index (χ1) is 15.5. The number of fused-ring (bicyclic) bond motifs is 1. The summed E-state index contributed by atoms with van der Waals surface area (Å²) in [5, 5.41) is 11.0. The van der Waals surface area contributed by atoms with Gasteiger partial charge in [0.25, 0.3) is 0 Å². The Morgan fingerprint density at radius 2 is 1.97 bits per heavy atom. The molecule has 0 unspecified atom stereocenters. The number of hydrogen-bond donors (Lipinski definition) is 1. The van der Waals surface area contributed by atoms with Crippen LogP contribution < -0.4 is 0 Å². The summed E-state index contributed by atoms with van der Waals surface area (Å²) in [5.41, 5.74) is 1.51. The van der Waals surface area contributed by atoms with Crippen LogP contribution in [0.2, 0.25) is 18.1 Å². The van der Waals surface area contributed by atoms with E-state index in [0.717, 1.165) is 38.5 Å². The zero-order valence-corrected chi connectivity index (χ0v) is 23.4. The summed E-state index contributed by atoms with van der Waals surface area (Å²) in [4.78, 5) is 11.3. The van der Waals surface area contributed by atoms with Crippen molar-refractivity contribution in [1.29, 1.82) is 0 Å². The lowest BCUT2D eigenvalue weighted by atomic mass is 9.88. The molecule has 33 heavy (non-hydrogen) atoms. The van der Waals surface area contributed by atoms with Crippen molar-refractivity contribution in [3.63, 3.8) is 0 Å². The second-order valence-electron chi connectivity index (χ2n) is 11.8. The lowest BCUT2D eigenvalue weighted by Crippen LogP contribution is -2.43. The first kappa shape index (κ1) is 28.3. The average Bonchev–Trinajstić information content (AvgIpc) is 3.24. The Morgan fingerprint density at radius 1 is 1.24 bits per heavy atom. The minimum Gasteiger partial charge on any atom is -0.469 e. The van der Waals surface area contributed by atoms with Gasteiger partial charge in [0, 0.05) is 12.3 Å². The number of ether oxygens (including phenoxy) is 1. The molecule has 5 atom stereocenters. The number of aliphatic hydroxyl groups is 1. The second kappa shape index (κ2) is 12.7. The van der Waals surface area contributed by atoms with Crippen LogP contribution in [0.3, 0.4) is 0 Å². The topological polar surface area (TPSA) is 55.8 Å². The van der Waals surface area contributed by atoms with Crippen molar-refractivity contribution in [2.75, 3.05) is 7.11 Å². The Hall–Kier alpha value is -0.913. The van der Waals surface area contributed by atoms with Crippen LogP contribution in [-0.2, 0) is 14.0 Å². The Balaban J connectivity index is 1.97. The molecule has 2 aliphatic rings. The van der Waals surface area contributed by atoms with Crippen LogP contribution in [0, 0.1) is 17.8 Å². The molecule has 0 heterocycles. The van der Waals surface area contributed by atoms with Crippen LogP contribution in [-0.4, -0.2) is 38.7 Å². The molecule has 2 rings (SSSR count). The maximum atomic E-state index is 11.3. The average molecular weight is 479 g/mol. The smallest absolute Gasteiger partial charge is 0.305 e. The van der Waals surface area contributed by atoms with E-state index in [0.29, 0.717) is 18.3 Å². The molecule has 1 saturated carbocycles. The Morgan fingerprint density at radius 3 is 2.61 bits per heavy atom. The minimum absolute atomic E-state index is 0.117. The van der Waals surface area contributed by atoms with E-state index >= 15 is 0 Å². The molecule has 0 amide bonds. The van der Waals surface area contributed by atoms with Gasteiger partial charge in [0.05, 0.1) is 19.3 Å². The van der Waals surface area contributed by atoms with E-state index in [9.17, 15) is 9.90 Å². The van der Waals surface area contributed by atoms with Crippen LogP contribution in [0.1, 0.15) is 91.9 Å². The van der Waals surface area contributed by atoms with Crippen LogP contribution in [0.4, 0.5) is 0 Å². The number of carbonyl (C=O) groups excluding carboxylic acids is 1.